The molecule has 0 unspecified atom stereocenters. The zero-order valence-electron chi connectivity index (χ0n) is 16.7. The van der Waals surface area contributed by atoms with Crippen LogP contribution in [0.15, 0.2) is 48.5 Å². The average Bonchev–Trinajstić information content (AvgIpc) is 3.00. The van der Waals surface area contributed by atoms with Gasteiger partial charge < -0.3 is 15.0 Å². The van der Waals surface area contributed by atoms with Gasteiger partial charge in [0.05, 0.1) is 13.2 Å². The predicted molar refractivity (Wildman–Crippen MR) is 114 cm³/mol. The molecule has 3 rings (SSSR count). The summed E-state index contributed by atoms with van der Waals surface area (Å²) in [5, 5.41) is 3.41. The molecule has 154 valence electrons. The first-order valence-corrected chi connectivity index (χ1v) is 10.4. The molecule has 0 saturated carbocycles. The Morgan fingerprint density at radius 3 is 2.48 bits per heavy atom. The van der Waals surface area contributed by atoms with E-state index in [0.717, 1.165) is 43.5 Å². The maximum atomic E-state index is 13.0. The summed E-state index contributed by atoms with van der Waals surface area (Å²) in [5.74, 6) is 0.686. The number of ether oxygens (including phenoxy) is 1. The summed E-state index contributed by atoms with van der Waals surface area (Å²) in [6.45, 7) is 1.06. The highest BCUT2D eigenvalue weighted by Gasteiger charge is 2.26. The smallest absolute Gasteiger partial charge is 0.251 e. The maximum Gasteiger partial charge on any atom is 0.251 e. The lowest BCUT2D eigenvalue weighted by atomic mass is 10.0. The van der Waals surface area contributed by atoms with Gasteiger partial charge >= 0.3 is 0 Å². The molecule has 1 fully saturated rings. The lowest BCUT2D eigenvalue weighted by molar-refractivity contribution is -0.133. The fourth-order valence-corrected chi connectivity index (χ4v) is 3.84. The third kappa shape index (κ3) is 5.73. The van der Waals surface area contributed by atoms with E-state index < -0.39 is 0 Å². The fraction of sp³-hybridized carbons (Fsp3) is 0.391. The Morgan fingerprint density at radius 2 is 1.79 bits per heavy atom. The van der Waals surface area contributed by atoms with Crippen LogP contribution >= 0.6 is 11.6 Å². The average molecular weight is 415 g/mol. The van der Waals surface area contributed by atoms with Gasteiger partial charge in [-0.15, -0.1) is 0 Å². The number of methoxy groups -OCH3 is 1. The molecule has 2 aromatic carbocycles. The van der Waals surface area contributed by atoms with Gasteiger partial charge in [-0.1, -0.05) is 36.6 Å². The van der Waals surface area contributed by atoms with Crippen molar-refractivity contribution < 1.29 is 14.3 Å². The molecule has 29 heavy (non-hydrogen) atoms. The van der Waals surface area contributed by atoms with E-state index in [1.165, 1.54) is 0 Å². The van der Waals surface area contributed by atoms with Gasteiger partial charge in [0.2, 0.25) is 5.91 Å². The van der Waals surface area contributed by atoms with Crippen LogP contribution in [0.3, 0.4) is 0 Å². The Hall–Kier alpha value is -2.53. The molecule has 0 aromatic heterocycles. The first kappa shape index (κ1) is 21.2. The van der Waals surface area contributed by atoms with Crippen LogP contribution in [0.2, 0.25) is 5.02 Å². The Bertz CT molecular complexity index is 821. The van der Waals surface area contributed by atoms with Crippen molar-refractivity contribution in [2.45, 2.75) is 38.1 Å². The van der Waals surface area contributed by atoms with Crippen molar-refractivity contribution >= 4 is 23.4 Å². The number of carbonyl (C=O) groups is 2. The number of likely N-dealkylation sites (tertiary alicyclic amines) is 1. The summed E-state index contributed by atoms with van der Waals surface area (Å²) < 4.78 is 5.25. The standard InChI is InChI=1S/C23H27ClN2O3/c1-29-20-12-8-17(9-13-20)21-5-3-2-4-16-26(21)22(27)14-15-25-23(28)18-6-10-19(24)11-7-18/h6-13,21H,2-5,14-16H2,1H3,(H,25,28)/t21-/m1/s1. The molecule has 1 aliphatic heterocycles. The molecule has 6 heteroatoms. The van der Waals surface area contributed by atoms with Crippen molar-refractivity contribution in [1.29, 1.82) is 0 Å². The SMILES string of the molecule is COc1ccc([C@H]2CCCCCN2C(=O)CCNC(=O)c2ccc(Cl)cc2)cc1. The van der Waals surface area contributed by atoms with Crippen molar-refractivity contribution in [2.24, 2.45) is 0 Å². The van der Waals surface area contributed by atoms with Gasteiger partial charge in [0.1, 0.15) is 5.75 Å². The number of benzene rings is 2. The number of nitrogens with one attached hydrogen (secondary N) is 1. The van der Waals surface area contributed by atoms with Crippen molar-refractivity contribution in [3.63, 3.8) is 0 Å². The number of carbonyl (C=O) groups excluding carboxylic acids is 2. The molecule has 1 atom stereocenters. The molecule has 5 nitrogen and oxygen atoms in total. The largest absolute Gasteiger partial charge is 0.497 e. The van der Waals surface area contributed by atoms with E-state index in [-0.39, 0.29) is 24.3 Å². The van der Waals surface area contributed by atoms with Crippen molar-refractivity contribution in [3.8, 4) is 5.75 Å². The van der Waals surface area contributed by atoms with Crippen LogP contribution in [0.25, 0.3) is 0 Å². The van der Waals surface area contributed by atoms with E-state index in [1.807, 2.05) is 29.2 Å². The second kappa shape index (κ2) is 10.3. The van der Waals surface area contributed by atoms with E-state index in [4.69, 9.17) is 16.3 Å². The number of hydrogen-bond donors (Lipinski definition) is 1. The highest BCUT2D eigenvalue weighted by Crippen LogP contribution is 2.31. The molecular weight excluding hydrogens is 388 g/mol. The van der Waals surface area contributed by atoms with Gasteiger partial charge in [0.15, 0.2) is 0 Å². The van der Waals surface area contributed by atoms with Crippen LogP contribution in [0.5, 0.6) is 5.75 Å². The Balaban J connectivity index is 1.60. The molecule has 1 aliphatic rings. The normalized spacial score (nSPS) is 16.8. The molecule has 1 heterocycles. The van der Waals surface area contributed by atoms with Gasteiger partial charge in [-0.2, -0.15) is 0 Å². The predicted octanol–water partition coefficient (Wildman–Crippen LogP) is 4.61. The lowest BCUT2D eigenvalue weighted by Crippen LogP contribution is -2.37. The third-order valence-electron chi connectivity index (χ3n) is 5.30. The summed E-state index contributed by atoms with van der Waals surface area (Å²) in [6, 6.07) is 14.7. The lowest BCUT2D eigenvalue weighted by Gasteiger charge is -2.31. The molecule has 1 N–H and O–H groups in total. The summed E-state index contributed by atoms with van der Waals surface area (Å²) in [6.07, 6.45) is 4.48. The number of amides is 2. The summed E-state index contributed by atoms with van der Waals surface area (Å²) in [5.41, 5.74) is 1.67. The quantitative estimate of drug-likeness (QED) is 0.750. The van der Waals surface area contributed by atoms with Gasteiger partial charge in [0.25, 0.3) is 5.91 Å². The van der Waals surface area contributed by atoms with Gasteiger partial charge in [0, 0.05) is 30.1 Å². The van der Waals surface area contributed by atoms with Crippen molar-refractivity contribution in [1.82, 2.24) is 10.2 Å². The van der Waals surface area contributed by atoms with Crippen LogP contribution in [0.1, 0.15) is 54.1 Å². The zero-order chi connectivity index (χ0) is 20.6. The Labute approximate surface area is 177 Å². The van der Waals surface area contributed by atoms with E-state index in [2.05, 4.69) is 5.32 Å². The number of halogens is 1. The zero-order valence-corrected chi connectivity index (χ0v) is 17.5. The Kier molecular flexibility index (Phi) is 7.53. The molecule has 2 amide bonds. The van der Waals surface area contributed by atoms with Gasteiger partial charge in [-0.05, 0) is 54.8 Å². The highest BCUT2D eigenvalue weighted by molar-refractivity contribution is 6.30. The second-order valence-corrected chi connectivity index (χ2v) is 7.67. The summed E-state index contributed by atoms with van der Waals surface area (Å²) in [7, 11) is 1.65. The van der Waals surface area contributed by atoms with E-state index >= 15 is 0 Å². The number of rotatable bonds is 6. The first-order valence-electron chi connectivity index (χ1n) is 10.1. The minimum absolute atomic E-state index is 0.0721. The summed E-state index contributed by atoms with van der Waals surface area (Å²) >= 11 is 5.85. The van der Waals surface area contributed by atoms with Crippen LogP contribution in [-0.4, -0.2) is 36.9 Å². The van der Waals surface area contributed by atoms with E-state index in [0.29, 0.717) is 17.1 Å². The van der Waals surface area contributed by atoms with Crippen molar-refractivity contribution in [3.05, 3.63) is 64.7 Å². The Morgan fingerprint density at radius 1 is 1.07 bits per heavy atom. The van der Waals surface area contributed by atoms with Gasteiger partial charge in [-0.25, -0.2) is 0 Å². The molecule has 0 radical (unpaired) electrons. The first-order chi connectivity index (χ1) is 14.1. The number of hydrogen-bond acceptors (Lipinski definition) is 3. The number of nitrogens with zero attached hydrogens (tertiary/aromatic N) is 1. The van der Waals surface area contributed by atoms with E-state index in [1.54, 1.807) is 31.4 Å². The molecule has 0 bridgehead atoms. The van der Waals surface area contributed by atoms with E-state index in [9.17, 15) is 9.59 Å². The maximum absolute atomic E-state index is 13.0. The van der Waals surface area contributed by atoms with Gasteiger partial charge in [-0.3, -0.25) is 9.59 Å². The monoisotopic (exact) mass is 414 g/mol. The molecule has 1 saturated heterocycles. The topological polar surface area (TPSA) is 58.6 Å². The fourth-order valence-electron chi connectivity index (χ4n) is 3.71. The second-order valence-electron chi connectivity index (χ2n) is 7.24. The molecule has 0 spiro atoms. The molecular formula is C23H27ClN2O3. The summed E-state index contributed by atoms with van der Waals surface area (Å²) in [4.78, 5) is 27.2. The van der Waals surface area contributed by atoms with Crippen LogP contribution in [0, 0.1) is 0 Å². The molecule has 0 aliphatic carbocycles. The minimum atomic E-state index is -0.197. The van der Waals surface area contributed by atoms with Crippen molar-refractivity contribution in [2.75, 3.05) is 20.2 Å². The van der Waals surface area contributed by atoms with Crippen LogP contribution in [0.4, 0.5) is 0 Å². The minimum Gasteiger partial charge on any atom is -0.497 e. The molecule has 2 aromatic rings. The van der Waals surface area contributed by atoms with Crippen LogP contribution in [-0.2, 0) is 4.79 Å². The third-order valence-corrected chi connectivity index (χ3v) is 5.56. The highest BCUT2D eigenvalue weighted by atomic mass is 35.5. The van der Waals surface area contributed by atoms with Crippen LogP contribution < -0.4 is 10.1 Å².